The number of ether oxygens (including phenoxy) is 4. The monoisotopic (exact) mass is 1170 g/mol. The number of anilines is 1. The van der Waals surface area contributed by atoms with Crippen LogP contribution in [0.1, 0.15) is 107 Å². The lowest BCUT2D eigenvalue weighted by atomic mass is 9.95. The second-order valence-corrected chi connectivity index (χ2v) is 21.0. The first-order valence-corrected chi connectivity index (χ1v) is 28.5. The van der Waals surface area contributed by atoms with Gasteiger partial charge in [0.25, 0.3) is 0 Å². The molecule has 23 heteroatoms. The van der Waals surface area contributed by atoms with E-state index in [0.29, 0.717) is 103 Å². The molecule has 0 saturated carbocycles. The van der Waals surface area contributed by atoms with Gasteiger partial charge in [0, 0.05) is 68.2 Å². The van der Waals surface area contributed by atoms with Crippen LogP contribution in [-0.4, -0.2) is 112 Å². The number of fused-ring (bicyclic) bond motifs is 3. The summed E-state index contributed by atoms with van der Waals surface area (Å²) in [5, 5.41) is 16.8. The fourth-order valence-electron chi connectivity index (χ4n) is 10.1. The molecule has 85 heavy (non-hydrogen) atoms. The zero-order valence-electron chi connectivity index (χ0n) is 49.1. The number of methoxy groups -OCH3 is 4. The number of carbonyl (C=O) groups excluding carboxylic acids is 8. The number of amides is 9. The second-order valence-electron chi connectivity index (χ2n) is 21.0. The van der Waals surface area contributed by atoms with E-state index < -0.39 is 53.7 Å². The lowest BCUT2D eigenvalue weighted by Gasteiger charge is -2.31. The topological polar surface area (TPSA) is 313 Å². The van der Waals surface area contributed by atoms with Crippen LogP contribution in [0.15, 0.2) is 102 Å². The molecule has 2 aliphatic carbocycles. The van der Waals surface area contributed by atoms with E-state index in [4.69, 9.17) is 29.5 Å². The summed E-state index contributed by atoms with van der Waals surface area (Å²) in [6, 6.07) is 9.87. The highest BCUT2D eigenvalue weighted by atomic mass is 16.6. The molecule has 1 aliphatic heterocycles. The van der Waals surface area contributed by atoms with Crippen LogP contribution in [0.2, 0.25) is 0 Å². The number of unbranched alkanes of at least 4 members (excludes halogenated alkanes) is 1. The highest BCUT2D eigenvalue weighted by Crippen LogP contribution is 2.50. The first kappa shape index (κ1) is 65.2. The largest absolute Gasteiger partial charge is 0.493 e. The number of benzene rings is 2. The Labute approximate surface area is 494 Å². The van der Waals surface area contributed by atoms with Gasteiger partial charge in [-0.05, 0) is 122 Å². The molecular formula is C62H79N9O14. The minimum absolute atomic E-state index is 0.00976. The molecule has 456 valence electrons. The minimum Gasteiger partial charge on any atom is -0.493 e. The second kappa shape index (κ2) is 32.7. The van der Waals surface area contributed by atoms with E-state index in [1.54, 1.807) is 55.1 Å². The molecule has 0 spiro atoms. The first-order chi connectivity index (χ1) is 40.9. The van der Waals surface area contributed by atoms with Crippen LogP contribution in [0.25, 0.3) is 11.1 Å². The number of rotatable bonds is 28. The van der Waals surface area contributed by atoms with E-state index in [2.05, 4.69) is 37.4 Å². The van der Waals surface area contributed by atoms with Crippen molar-refractivity contribution in [3.05, 3.63) is 124 Å². The summed E-state index contributed by atoms with van der Waals surface area (Å²) in [5.74, 6) is -1.96. The summed E-state index contributed by atoms with van der Waals surface area (Å²) < 4.78 is 22.5. The van der Waals surface area contributed by atoms with Gasteiger partial charge in [0.15, 0.2) is 17.2 Å². The molecule has 3 aromatic rings. The Bertz CT molecular complexity index is 3080. The Balaban J connectivity index is 0.932. The Morgan fingerprint density at radius 2 is 1.39 bits per heavy atom. The molecule has 1 heterocycles. The highest BCUT2D eigenvalue weighted by molar-refractivity contribution is 5.98. The molecule has 3 atom stereocenters. The van der Waals surface area contributed by atoms with Crippen LogP contribution in [-0.2, 0) is 51.4 Å². The predicted octanol–water partition coefficient (Wildman–Crippen LogP) is 5.37. The molecule has 0 bridgehead atoms. The fourth-order valence-corrected chi connectivity index (χ4v) is 10.1. The number of hydrogen-bond donors (Lipinski definition) is 8. The van der Waals surface area contributed by atoms with Crippen LogP contribution in [0.4, 0.5) is 10.5 Å². The smallest absolute Gasteiger partial charge is 0.312 e. The number of hydroxylamine groups is 1. The Hall–Kier alpha value is -8.99. The van der Waals surface area contributed by atoms with Crippen molar-refractivity contribution >= 4 is 53.1 Å². The van der Waals surface area contributed by atoms with Crippen molar-refractivity contribution in [1.82, 2.24) is 37.0 Å². The molecule has 0 aromatic heterocycles. The fraction of sp³-hybridized carbons (Fsp3) is 0.435. The predicted molar refractivity (Wildman–Crippen MR) is 318 cm³/mol. The average Bonchev–Trinajstić information content (AvgIpc) is 2.73. The molecule has 0 radical (unpaired) electrons. The van der Waals surface area contributed by atoms with E-state index in [9.17, 15) is 43.2 Å². The molecule has 9 amide bonds. The maximum absolute atomic E-state index is 13.8. The number of urea groups is 1. The van der Waals surface area contributed by atoms with Crippen LogP contribution >= 0.6 is 0 Å². The van der Waals surface area contributed by atoms with Gasteiger partial charge in [-0.2, -0.15) is 0 Å². The normalized spacial score (nSPS) is 16.9. The van der Waals surface area contributed by atoms with Gasteiger partial charge >= 0.3 is 6.03 Å². The number of aryl methyl sites for hydroxylation is 1. The maximum atomic E-state index is 13.8. The molecule has 1 unspecified atom stereocenters. The number of nitrogens with one attached hydrogen (secondary N) is 7. The maximum Gasteiger partial charge on any atom is 0.312 e. The van der Waals surface area contributed by atoms with Crippen LogP contribution in [0.5, 0.6) is 23.0 Å². The summed E-state index contributed by atoms with van der Waals surface area (Å²) in [7, 11) is 5.99. The lowest BCUT2D eigenvalue weighted by molar-refractivity contribution is -0.137. The molecule has 1 fully saturated rings. The Morgan fingerprint density at radius 1 is 0.694 bits per heavy atom. The summed E-state index contributed by atoms with van der Waals surface area (Å²) in [6.45, 7) is 4.32. The number of piperidine rings is 1. The van der Waals surface area contributed by atoms with Gasteiger partial charge in [-0.15, -0.1) is 0 Å². The summed E-state index contributed by atoms with van der Waals surface area (Å²) >= 11 is 0. The van der Waals surface area contributed by atoms with Crippen molar-refractivity contribution in [2.45, 2.75) is 116 Å². The van der Waals surface area contributed by atoms with Gasteiger partial charge in [0.05, 0.1) is 41.1 Å². The molecular weight excluding hydrogens is 1090 g/mol. The highest BCUT2D eigenvalue weighted by Gasteiger charge is 2.33. The van der Waals surface area contributed by atoms with E-state index in [0.717, 1.165) is 5.56 Å². The van der Waals surface area contributed by atoms with Gasteiger partial charge in [0.2, 0.25) is 52.5 Å². The van der Waals surface area contributed by atoms with Crippen molar-refractivity contribution in [2.75, 3.05) is 53.4 Å². The van der Waals surface area contributed by atoms with Gasteiger partial charge in [-0.1, -0.05) is 62.4 Å². The van der Waals surface area contributed by atoms with Crippen LogP contribution < -0.4 is 67.5 Å². The lowest BCUT2D eigenvalue weighted by Crippen LogP contribution is -2.54. The molecule has 3 aliphatic rings. The summed E-state index contributed by atoms with van der Waals surface area (Å²) in [4.78, 5) is 125. The zero-order chi connectivity index (χ0) is 61.4. The third-order valence-corrected chi connectivity index (χ3v) is 14.7. The minimum atomic E-state index is -1.10. The van der Waals surface area contributed by atoms with Crippen molar-refractivity contribution in [2.24, 2.45) is 17.6 Å². The van der Waals surface area contributed by atoms with E-state index >= 15 is 0 Å². The molecule has 1 saturated heterocycles. The molecule has 9 N–H and O–H groups in total. The number of primary amides is 1. The standard InChI is InChI=1S/C62H79N9O14/c1-38(2)56(69-52(74)28-29-54(76)71-33-30-40(31-34-71)59(77)65-42-15-10-8-7-9-11-16-42)61(79)68-47(17-14-32-64-62(63)80)60(78)66-43-23-20-39(21-24-43)37-85-70-53(75)19-13-12-18-51(73)67-46-26-22-41-35-50(82-4)57(83-5)58(84-6)55(41)44-25-27-49(81-3)48(72)36-45(44)46/h7-11,15-16,20-21,23-25,27,35-36,38,40,46-47,56H,12-14,17-19,22,26,28-34,37H2,1-6H3,(H,65,77)(H,66,78)(H,67,73)(H,68,79)(H,69,74)(H,70,75)(H3,63,64,80)/b8-7-,9-7?,10-8?,11-9-,15-10-,16-11?,42-15?,42-16+/t46?,47-,56-/m0/s1. The van der Waals surface area contributed by atoms with Crippen molar-refractivity contribution < 1.29 is 62.1 Å². The molecule has 23 nitrogen and oxygen atoms in total. The zero-order valence-corrected chi connectivity index (χ0v) is 49.1. The average molecular weight is 1170 g/mol. The van der Waals surface area contributed by atoms with E-state index in [-0.39, 0.29) is 86.5 Å². The quantitative estimate of drug-likeness (QED) is 0.0335. The summed E-state index contributed by atoms with van der Waals surface area (Å²) in [6.07, 6.45) is 15.9. The Kier molecular flexibility index (Phi) is 25.1. The first-order valence-electron chi connectivity index (χ1n) is 28.5. The van der Waals surface area contributed by atoms with E-state index in [1.807, 2.05) is 48.6 Å². The van der Waals surface area contributed by atoms with Crippen molar-refractivity contribution in [1.29, 1.82) is 0 Å². The SMILES string of the molecule is COc1cc2c(c(OC)c1OC)-c1ccc(OC)c(=O)cc1C(NC(=O)CCCCC(=O)NOCc1ccc(NC(=O)[C@H](CCCNC(N)=O)NC(=O)[C@@H](NC(=O)CCC(=O)N3CCC(C(=O)NC4=C/C=C\C=C/C=C\4)CC3)C(C)C)cc1)CC2. The third kappa shape index (κ3) is 19.3. The van der Waals surface area contributed by atoms with E-state index in [1.165, 1.54) is 34.5 Å². The Morgan fingerprint density at radius 3 is 2.07 bits per heavy atom. The number of hydrogen-bond acceptors (Lipinski definition) is 14. The molecule has 6 rings (SSSR count). The molecule has 3 aromatic carbocycles. The number of nitrogens with zero attached hydrogens (tertiary/aromatic N) is 1. The number of allylic oxidation sites excluding steroid dienone is 7. The number of nitrogens with two attached hydrogens (primary N) is 1. The third-order valence-electron chi connectivity index (χ3n) is 14.7. The number of likely N-dealkylation sites (tertiary alicyclic amines) is 1. The number of carbonyl (C=O) groups is 8. The van der Waals surface area contributed by atoms with Gasteiger partial charge in [0.1, 0.15) is 12.1 Å². The van der Waals surface area contributed by atoms with Crippen LogP contribution in [0, 0.1) is 11.8 Å². The van der Waals surface area contributed by atoms with Crippen molar-refractivity contribution in [3.8, 4) is 34.1 Å². The van der Waals surface area contributed by atoms with Crippen LogP contribution in [0.3, 0.4) is 0 Å². The van der Waals surface area contributed by atoms with Crippen molar-refractivity contribution in [3.63, 3.8) is 0 Å². The van der Waals surface area contributed by atoms with Gasteiger partial charge in [-0.25, -0.2) is 10.3 Å². The van der Waals surface area contributed by atoms with Gasteiger partial charge < -0.3 is 61.5 Å². The van der Waals surface area contributed by atoms with Gasteiger partial charge in [-0.3, -0.25) is 43.2 Å². The summed E-state index contributed by atoms with van der Waals surface area (Å²) in [5.41, 5.74) is 11.9.